The highest BCUT2D eigenvalue weighted by Gasteiger charge is 1.94. The average molecular weight is 181 g/mol. The smallest absolute Gasteiger partial charge is 0.0964 e. The summed E-state index contributed by atoms with van der Waals surface area (Å²) in [4.78, 5) is 0. The molecular weight excluding hydrogens is 166 g/mol. The van der Waals surface area contributed by atoms with Gasteiger partial charge >= 0.3 is 0 Å². The van der Waals surface area contributed by atoms with Gasteiger partial charge in [0.05, 0.1) is 5.69 Å². The zero-order chi connectivity index (χ0) is 9.52. The van der Waals surface area contributed by atoms with Gasteiger partial charge in [-0.05, 0) is 6.20 Å². The molecule has 0 fully saturated rings. The lowest BCUT2D eigenvalue weighted by Gasteiger charge is -1.95. The number of rotatable bonds is 5. The third-order valence-electron chi connectivity index (χ3n) is 1.50. The van der Waals surface area contributed by atoms with Crippen LogP contribution in [0.5, 0.6) is 0 Å². The van der Waals surface area contributed by atoms with Gasteiger partial charge in [-0.15, -0.1) is 5.10 Å². The first kappa shape index (κ1) is 9.73. The van der Waals surface area contributed by atoms with Gasteiger partial charge in [0, 0.05) is 33.4 Å². The molecule has 0 unspecified atom stereocenters. The quantitative estimate of drug-likeness (QED) is 0.609. The van der Waals surface area contributed by atoms with E-state index in [2.05, 4.69) is 20.9 Å². The van der Waals surface area contributed by atoms with Gasteiger partial charge in [0.2, 0.25) is 0 Å². The number of nitrogens with one attached hydrogen (secondary N) is 2. The van der Waals surface area contributed by atoms with Crippen molar-refractivity contribution >= 4 is 0 Å². The number of hydrogen-bond acceptors (Lipinski definition) is 4. The maximum absolute atomic E-state index is 3.94. The van der Waals surface area contributed by atoms with Crippen molar-refractivity contribution in [3.63, 3.8) is 0 Å². The second kappa shape index (κ2) is 5.31. The summed E-state index contributed by atoms with van der Waals surface area (Å²) in [7, 11) is 3.73. The van der Waals surface area contributed by atoms with Crippen LogP contribution >= 0.6 is 0 Å². The first-order valence-electron chi connectivity index (χ1n) is 4.21. The lowest BCUT2D eigenvalue weighted by molar-refractivity contribution is 0.705. The van der Waals surface area contributed by atoms with Gasteiger partial charge in [-0.3, -0.25) is 4.68 Å². The Morgan fingerprint density at radius 3 is 3.08 bits per heavy atom. The van der Waals surface area contributed by atoms with Crippen LogP contribution in [0.25, 0.3) is 0 Å². The summed E-state index contributed by atoms with van der Waals surface area (Å²) in [6, 6.07) is 0. The molecule has 0 aliphatic heterocycles. The third kappa shape index (κ3) is 3.71. The van der Waals surface area contributed by atoms with E-state index in [4.69, 9.17) is 0 Å². The predicted molar refractivity (Wildman–Crippen MR) is 50.9 cm³/mol. The summed E-state index contributed by atoms with van der Waals surface area (Å²) in [5, 5.41) is 13.9. The molecule has 2 N–H and O–H groups in total. The van der Waals surface area contributed by atoms with E-state index >= 15 is 0 Å². The van der Waals surface area contributed by atoms with Crippen molar-refractivity contribution in [2.75, 3.05) is 13.6 Å². The lowest BCUT2D eigenvalue weighted by Crippen LogP contribution is -2.13. The minimum atomic E-state index is 0.752. The van der Waals surface area contributed by atoms with Gasteiger partial charge in [0.15, 0.2) is 0 Å². The second-order valence-corrected chi connectivity index (χ2v) is 2.71. The molecule has 0 radical (unpaired) electrons. The fourth-order valence-corrected chi connectivity index (χ4v) is 0.937. The van der Waals surface area contributed by atoms with Gasteiger partial charge in [0.25, 0.3) is 0 Å². The number of aryl methyl sites for hydroxylation is 1. The maximum atomic E-state index is 3.94. The summed E-state index contributed by atoms with van der Waals surface area (Å²) >= 11 is 0. The van der Waals surface area contributed by atoms with Crippen molar-refractivity contribution in [2.45, 2.75) is 6.54 Å². The fraction of sp³-hybridized carbons (Fsp3) is 0.500. The molecular formula is C8H15N5. The fourth-order valence-electron chi connectivity index (χ4n) is 0.937. The van der Waals surface area contributed by atoms with Crippen molar-refractivity contribution < 1.29 is 0 Å². The number of nitrogens with zero attached hydrogens (tertiary/aromatic N) is 3. The topological polar surface area (TPSA) is 54.8 Å². The predicted octanol–water partition coefficient (Wildman–Crippen LogP) is -0.362. The van der Waals surface area contributed by atoms with Gasteiger partial charge in [-0.1, -0.05) is 11.3 Å². The highest BCUT2D eigenvalue weighted by Crippen LogP contribution is 1.88. The molecule has 1 aromatic rings. The molecule has 1 rings (SSSR count). The van der Waals surface area contributed by atoms with E-state index in [1.165, 1.54) is 0 Å². The molecule has 0 saturated heterocycles. The normalized spacial score (nSPS) is 10.9. The van der Waals surface area contributed by atoms with E-state index in [1.54, 1.807) is 4.68 Å². The lowest BCUT2D eigenvalue weighted by atomic mass is 10.4. The average Bonchev–Trinajstić information content (AvgIpc) is 2.51. The summed E-state index contributed by atoms with van der Waals surface area (Å²) in [6.07, 6.45) is 5.80. The maximum Gasteiger partial charge on any atom is 0.0964 e. The van der Waals surface area contributed by atoms with E-state index in [0.29, 0.717) is 0 Å². The van der Waals surface area contributed by atoms with Crippen molar-refractivity contribution in [1.29, 1.82) is 0 Å². The van der Waals surface area contributed by atoms with E-state index < -0.39 is 0 Å². The molecule has 72 valence electrons. The Morgan fingerprint density at radius 1 is 1.62 bits per heavy atom. The molecule has 1 aromatic heterocycles. The Morgan fingerprint density at radius 2 is 2.46 bits per heavy atom. The minimum absolute atomic E-state index is 0.752. The Balaban J connectivity index is 2.16. The first-order chi connectivity index (χ1) is 6.33. The Hall–Kier alpha value is -1.36. The number of hydrogen-bond donors (Lipinski definition) is 2. The van der Waals surface area contributed by atoms with Crippen molar-refractivity contribution in [2.24, 2.45) is 7.05 Å². The largest absolute Gasteiger partial charge is 0.394 e. The molecule has 0 atom stereocenters. The molecule has 0 bridgehead atoms. The van der Waals surface area contributed by atoms with Crippen molar-refractivity contribution in [3.8, 4) is 0 Å². The first-order valence-corrected chi connectivity index (χ1v) is 4.21. The van der Waals surface area contributed by atoms with Crippen LogP contribution in [0.3, 0.4) is 0 Å². The Labute approximate surface area is 77.8 Å². The van der Waals surface area contributed by atoms with Crippen molar-refractivity contribution in [1.82, 2.24) is 25.6 Å². The molecule has 0 saturated carbocycles. The van der Waals surface area contributed by atoms with Crippen LogP contribution in [0.4, 0.5) is 0 Å². The van der Waals surface area contributed by atoms with E-state index in [0.717, 1.165) is 18.8 Å². The molecule has 0 aliphatic carbocycles. The van der Waals surface area contributed by atoms with Crippen LogP contribution < -0.4 is 10.6 Å². The van der Waals surface area contributed by atoms with Crippen LogP contribution in [0, 0.1) is 0 Å². The van der Waals surface area contributed by atoms with Crippen LogP contribution in [-0.4, -0.2) is 28.6 Å². The van der Waals surface area contributed by atoms with Crippen molar-refractivity contribution in [3.05, 3.63) is 24.2 Å². The third-order valence-corrected chi connectivity index (χ3v) is 1.50. The van der Waals surface area contributed by atoms with Gasteiger partial charge in [0.1, 0.15) is 0 Å². The molecule has 0 amide bonds. The summed E-state index contributed by atoms with van der Waals surface area (Å²) in [5.74, 6) is 0. The minimum Gasteiger partial charge on any atom is -0.394 e. The highest BCUT2D eigenvalue weighted by atomic mass is 15.4. The zero-order valence-electron chi connectivity index (χ0n) is 7.99. The van der Waals surface area contributed by atoms with Gasteiger partial charge in [-0.25, -0.2) is 0 Å². The summed E-state index contributed by atoms with van der Waals surface area (Å²) < 4.78 is 1.69. The van der Waals surface area contributed by atoms with E-state index in [1.807, 2.05) is 32.6 Å². The molecule has 5 heteroatoms. The molecule has 0 aliphatic rings. The van der Waals surface area contributed by atoms with E-state index in [-0.39, 0.29) is 0 Å². The molecule has 1 heterocycles. The zero-order valence-corrected chi connectivity index (χ0v) is 7.99. The molecule has 0 aromatic carbocycles. The van der Waals surface area contributed by atoms with Crippen LogP contribution in [-0.2, 0) is 13.6 Å². The monoisotopic (exact) mass is 181 g/mol. The summed E-state index contributed by atoms with van der Waals surface area (Å²) in [5.41, 5.74) is 0.959. The highest BCUT2D eigenvalue weighted by molar-refractivity contribution is 4.92. The van der Waals surface area contributed by atoms with Crippen LogP contribution in [0.1, 0.15) is 5.69 Å². The molecule has 13 heavy (non-hydrogen) atoms. The Bertz CT molecular complexity index is 265. The standard InChI is InChI=1S/C8H15N5/c1-9-4-3-5-10-6-8-7-13(2)12-11-8/h3-4,7,9-10H,5-6H2,1-2H3/b4-3+. The van der Waals surface area contributed by atoms with Crippen LogP contribution in [0.15, 0.2) is 18.5 Å². The van der Waals surface area contributed by atoms with Crippen LogP contribution in [0.2, 0.25) is 0 Å². The molecule has 5 nitrogen and oxygen atoms in total. The van der Waals surface area contributed by atoms with Gasteiger partial charge in [-0.2, -0.15) is 0 Å². The SMILES string of the molecule is CN/C=C/CNCc1cn(C)nn1. The van der Waals surface area contributed by atoms with E-state index in [9.17, 15) is 0 Å². The number of aromatic nitrogens is 3. The second-order valence-electron chi connectivity index (χ2n) is 2.71. The summed E-state index contributed by atoms with van der Waals surface area (Å²) in [6.45, 7) is 1.58. The molecule has 0 spiro atoms. The Kier molecular flexibility index (Phi) is 3.98. The van der Waals surface area contributed by atoms with Gasteiger partial charge < -0.3 is 10.6 Å².